The van der Waals surface area contributed by atoms with Crippen LogP contribution in [0.2, 0.25) is 0 Å². The van der Waals surface area contributed by atoms with Gasteiger partial charge < -0.3 is 28.4 Å². The number of hydrogen-bond donors (Lipinski definition) is 0. The first-order chi connectivity index (χ1) is 8.81. The third kappa shape index (κ3) is 2.41. The van der Waals surface area contributed by atoms with Crippen molar-refractivity contribution < 1.29 is 28.4 Å². The summed E-state index contributed by atoms with van der Waals surface area (Å²) in [7, 11) is 1.60. The lowest BCUT2D eigenvalue weighted by Gasteiger charge is -2.48. The second-order valence-electron chi connectivity index (χ2n) is 6.14. The number of ether oxygens (including phenoxy) is 6. The van der Waals surface area contributed by atoms with Crippen LogP contribution in [0.5, 0.6) is 0 Å². The summed E-state index contributed by atoms with van der Waals surface area (Å²) in [6.45, 7) is 8.02. The molecular weight excluding hydrogens is 252 g/mol. The molecule has 0 aromatic heterocycles. The summed E-state index contributed by atoms with van der Waals surface area (Å²) >= 11 is 0. The molecule has 19 heavy (non-hydrogen) atoms. The molecule has 0 amide bonds. The zero-order valence-corrected chi connectivity index (χ0v) is 12.0. The van der Waals surface area contributed by atoms with E-state index < -0.39 is 17.9 Å². The van der Waals surface area contributed by atoms with Crippen molar-refractivity contribution in [3.8, 4) is 0 Å². The Labute approximate surface area is 113 Å². The highest BCUT2D eigenvalue weighted by atomic mass is 16.8. The average molecular weight is 274 g/mol. The fraction of sp³-hybridized carbons (Fsp3) is 1.00. The number of methoxy groups -OCH3 is 1. The first-order valence-corrected chi connectivity index (χ1v) is 6.67. The largest absolute Gasteiger partial charge is 0.353 e. The second-order valence-corrected chi connectivity index (χ2v) is 6.14. The molecule has 0 aromatic carbocycles. The van der Waals surface area contributed by atoms with Gasteiger partial charge >= 0.3 is 0 Å². The molecule has 3 fully saturated rings. The van der Waals surface area contributed by atoms with Gasteiger partial charge in [-0.3, -0.25) is 0 Å². The van der Waals surface area contributed by atoms with E-state index in [2.05, 4.69) is 0 Å². The molecule has 0 radical (unpaired) electrons. The van der Waals surface area contributed by atoms with Gasteiger partial charge in [-0.15, -0.1) is 0 Å². The molecule has 3 rings (SSSR count). The van der Waals surface area contributed by atoms with Crippen LogP contribution in [0.1, 0.15) is 27.7 Å². The Bertz CT molecular complexity index is 355. The first kappa shape index (κ1) is 13.7. The van der Waals surface area contributed by atoms with Gasteiger partial charge in [0.05, 0.1) is 6.61 Å². The molecule has 6 heteroatoms. The quantitative estimate of drug-likeness (QED) is 0.712. The van der Waals surface area contributed by atoms with Gasteiger partial charge in [-0.05, 0) is 27.7 Å². The van der Waals surface area contributed by atoms with Crippen LogP contribution >= 0.6 is 0 Å². The lowest BCUT2D eigenvalue weighted by atomic mass is 9.97. The van der Waals surface area contributed by atoms with Gasteiger partial charge in [0.1, 0.15) is 24.4 Å². The van der Waals surface area contributed by atoms with Gasteiger partial charge in [0.2, 0.25) is 0 Å². The molecule has 0 spiro atoms. The predicted octanol–water partition coefficient (Wildman–Crippen LogP) is 1.03. The monoisotopic (exact) mass is 274 g/mol. The second kappa shape index (κ2) is 4.38. The number of rotatable bonds is 1. The zero-order valence-electron chi connectivity index (χ0n) is 12.0. The van der Waals surface area contributed by atoms with E-state index in [1.165, 1.54) is 0 Å². The summed E-state index contributed by atoms with van der Waals surface area (Å²) in [5.74, 6) is -1.29. The Morgan fingerprint density at radius 2 is 1.53 bits per heavy atom. The van der Waals surface area contributed by atoms with Gasteiger partial charge in [0.25, 0.3) is 0 Å². The molecule has 0 aromatic rings. The van der Waals surface area contributed by atoms with Crippen molar-refractivity contribution in [1.29, 1.82) is 0 Å². The van der Waals surface area contributed by atoms with E-state index in [1.807, 2.05) is 27.7 Å². The van der Waals surface area contributed by atoms with Crippen LogP contribution in [0.3, 0.4) is 0 Å². The molecule has 3 saturated heterocycles. The van der Waals surface area contributed by atoms with Crippen LogP contribution in [-0.4, -0.2) is 56.0 Å². The van der Waals surface area contributed by atoms with Crippen LogP contribution in [0.4, 0.5) is 0 Å². The zero-order chi connectivity index (χ0) is 13.8. The fourth-order valence-electron chi connectivity index (χ4n) is 2.93. The van der Waals surface area contributed by atoms with Crippen molar-refractivity contribution in [2.45, 2.75) is 70.0 Å². The minimum absolute atomic E-state index is 0.197. The third-order valence-corrected chi connectivity index (χ3v) is 3.68. The van der Waals surface area contributed by atoms with Crippen LogP contribution in [-0.2, 0) is 28.4 Å². The van der Waals surface area contributed by atoms with Gasteiger partial charge in [-0.1, -0.05) is 0 Å². The molecule has 3 heterocycles. The Hall–Kier alpha value is -0.240. The van der Waals surface area contributed by atoms with Crippen LogP contribution in [0, 0.1) is 0 Å². The third-order valence-electron chi connectivity index (χ3n) is 3.68. The Kier molecular flexibility index (Phi) is 3.16. The molecule has 3 aliphatic heterocycles. The van der Waals surface area contributed by atoms with Crippen molar-refractivity contribution in [2.24, 2.45) is 0 Å². The summed E-state index contributed by atoms with van der Waals surface area (Å²) < 4.78 is 34.7. The molecule has 0 bridgehead atoms. The topological polar surface area (TPSA) is 55.4 Å². The van der Waals surface area contributed by atoms with E-state index in [9.17, 15) is 0 Å². The maximum atomic E-state index is 5.98. The van der Waals surface area contributed by atoms with Crippen LogP contribution in [0.15, 0.2) is 0 Å². The standard InChI is InChI=1S/C13H22O6/c1-12(2)15-6-7-8(17-12)9-10(11(14-5)16-7)19-13(3,4)18-9/h7-11H,6H2,1-5H3/t7-,8+,9-,10-,11+/m0/s1. The maximum Gasteiger partial charge on any atom is 0.186 e. The highest BCUT2D eigenvalue weighted by Crippen LogP contribution is 2.41. The van der Waals surface area contributed by atoms with Gasteiger partial charge in [0.15, 0.2) is 17.9 Å². The van der Waals surface area contributed by atoms with Crippen LogP contribution in [0.25, 0.3) is 0 Å². The smallest absolute Gasteiger partial charge is 0.186 e. The maximum absolute atomic E-state index is 5.98. The lowest BCUT2D eigenvalue weighted by molar-refractivity contribution is -0.368. The molecule has 5 atom stereocenters. The average Bonchev–Trinajstić information content (AvgIpc) is 2.63. The van der Waals surface area contributed by atoms with Gasteiger partial charge in [0, 0.05) is 7.11 Å². The molecule has 0 N–H and O–H groups in total. The summed E-state index contributed by atoms with van der Waals surface area (Å²) in [4.78, 5) is 0. The highest BCUT2D eigenvalue weighted by molar-refractivity contribution is 4.99. The van der Waals surface area contributed by atoms with Gasteiger partial charge in [-0.2, -0.15) is 0 Å². The fourth-order valence-corrected chi connectivity index (χ4v) is 2.93. The lowest BCUT2D eigenvalue weighted by Crippen LogP contribution is -2.63. The van der Waals surface area contributed by atoms with Crippen molar-refractivity contribution >= 4 is 0 Å². The summed E-state index contributed by atoms with van der Waals surface area (Å²) in [6, 6.07) is 0. The van der Waals surface area contributed by atoms with E-state index in [-0.39, 0.29) is 24.4 Å². The SMILES string of the molecule is CO[C@@H]1O[C@H]2COC(C)(C)O[C@H]2[C@@H]2OC(C)(C)O[C@H]12. The van der Waals surface area contributed by atoms with Crippen molar-refractivity contribution in [1.82, 2.24) is 0 Å². The van der Waals surface area contributed by atoms with Gasteiger partial charge in [-0.25, -0.2) is 0 Å². The summed E-state index contributed by atoms with van der Waals surface area (Å²) in [5, 5.41) is 0. The minimum Gasteiger partial charge on any atom is -0.353 e. The minimum atomic E-state index is -0.657. The summed E-state index contributed by atoms with van der Waals surface area (Å²) in [6.07, 6.45) is -1.35. The molecule has 6 nitrogen and oxygen atoms in total. The van der Waals surface area contributed by atoms with E-state index in [0.717, 1.165) is 0 Å². The van der Waals surface area contributed by atoms with E-state index in [4.69, 9.17) is 28.4 Å². The number of fused-ring (bicyclic) bond motifs is 3. The Morgan fingerprint density at radius 1 is 0.895 bits per heavy atom. The predicted molar refractivity (Wildman–Crippen MR) is 64.4 cm³/mol. The van der Waals surface area contributed by atoms with Crippen molar-refractivity contribution in [3.63, 3.8) is 0 Å². The Morgan fingerprint density at radius 3 is 2.21 bits per heavy atom. The highest BCUT2D eigenvalue weighted by Gasteiger charge is 2.58. The molecule has 3 aliphatic rings. The molecular formula is C13H22O6. The van der Waals surface area contributed by atoms with Crippen molar-refractivity contribution in [2.75, 3.05) is 13.7 Å². The van der Waals surface area contributed by atoms with E-state index in [0.29, 0.717) is 6.61 Å². The normalized spacial score (nSPS) is 47.5. The van der Waals surface area contributed by atoms with Crippen LogP contribution < -0.4 is 0 Å². The van der Waals surface area contributed by atoms with Crippen molar-refractivity contribution in [3.05, 3.63) is 0 Å². The molecule has 0 aliphatic carbocycles. The number of hydrogen-bond acceptors (Lipinski definition) is 6. The summed E-state index contributed by atoms with van der Waals surface area (Å²) in [5.41, 5.74) is 0. The molecule has 0 saturated carbocycles. The van der Waals surface area contributed by atoms with E-state index >= 15 is 0 Å². The van der Waals surface area contributed by atoms with E-state index in [1.54, 1.807) is 7.11 Å². The molecule has 0 unspecified atom stereocenters. The first-order valence-electron chi connectivity index (χ1n) is 6.67. The Balaban J connectivity index is 1.85. The molecule has 110 valence electrons.